The summed E-state index contributed by atoms with van der Waals surface area (Å²) in [4.78, 5) is 12.4. The highest BCUT2D eigenvalue weighted by atomic mass is 79.9. The van der Waals surface area contributed by atoms with Gasteiger partial charge in [-0.1, -0.05) is 23.7 Å². The second-order valence-corrected chi connectivity index (χ2v) is 5.34. The molecule has 3 nitrogen and oxygen atoms in total. The molecule has 96 valence electrons. The van der Waals surface area contributed by atoms with Crippen molar-refractivity contribution in [2.75, 3.05) is 0 Å². The lowest BCUT2D eigenvalue weighted by molar-refractivity contribution is 0.908. The lowest BCUT2D eigenvalue weighted by Crippen LogP contribution is -2.25. The summed E-state index contributed by atoms with van der Waals surface area (Å²) in [5, 5.41) is 9.33. The van der Waals surface area contributed by atoms with Gasteiger partial charge in [0.2, 0.25) is 0 Å². The van der Waals surface area contributed by atoms with Crippen LogP contribution < -0.4 is 5.56 Å². The van der Waals surface area contributed by atoms with Crippen LogP contribution in [0.4, 0.5) is 0 Å². The summed E-state index contributed by atoms with van der Waals surface area (Å²) in [6.45, 7) is 3.61. The van der Waals surface area contributed by atoms with E-state index < -0.39 is 5.56 Å². The summed E-state index contributed by atoms with van der Waals surface area (Å²) in [7, 11) is 0. The number of nitrogens with zero attached hydrogens (tertiary/aromatic N) is 2. The third kappa shape index (κ3) is 2.20. The maximum absolute atomic E-state index is 12.4. The molecule has 1 aromatic carbocycles. The highest BCUT2D eigenvalue weighted by molar-refractivity contribution is 9.10. The van der Waals surface area contributed by atoms with Crippen LogP contribution in [-0.2, 0) is 0 Å². The summed E-state index contributed by atoms with van der Waals surface area (Å²) in [6.07, 6.45) is 0. The lowest BCUT2D eigenvalue weighted by atomic mass is 10.1. The zero-order valence-electron chi connectivity index (χ0n) is 10.4. The molecule has 2 rings (SSSR count). The van der Waals surface area contributed by atoms with Gasteiger partial charge in [-0.2, -0.15) is 5.26 Å². The first-order valence-electron chi connectivity index (χ1n) is 5.55. The van der Waals surface area contributed by atoms with Crippen LogP contribution in [0.1, 0.15) is 16.8 Å². The average molecular weight is 338 g/mol. The molecule has 1 aromatic heterocycles. The molecule has 0 fully saturated rings. The SMILES string of the molecule is Cc1c(Cl)c(C#N)c(=O)n(-c2ccccc2Br)c1C. The third-order valence-corrected chi connectivity index (χ3v) is 4.19. The Balaban J connectivity index is 2.95. The Bertz CT molecular complexity index is 759. The first-order chi connectivity index (χ1) is 8.99. The minimum absolute atomic E-state index is 0.0273. The normalized spacial score (nSPS) is 10.3. The topological polar surface area (TPSA) is 45.8 Å². The van der Waals surface area contributed by atoms with Gasteiger partial charge in [-0.15, -0.1) is 0 Å². The molecule has 0 saturated heterocycles. The molecule has 0 saturated carbocycles. The molecule has 0 radical (unpaired) electrons. The second-order valence-electron chi connectivity index (χ2n) is 4.10. The fourth-order valence-electron chi connectivity index (χ4n) is 1.89. The summed E-state index contributed by atoms with van der Waals surface area (Å²) in [5.41, 5.74) is 1.72. The Labute approximate surface area is 124 Å². The highest BCUT2D eigenvalue weighted by Gasteiger charge is 2.17. The molecule has 1 heterocycles. The Kier molecular flexibility index (Phi) is 3.79. The van der Waals surface area contributed by atoms with Gasteiger partial charge in [0.1, 0.15) is 11.6 Å². The van der Waals surface area contributed by atoms with Gasteiger partial charge in [0, 0.05) is 10.2 Å². The molecule has 0 bridgehead atoms. The molecular formula is C14H10BrClN2O. The van der Waals surface area contributed by atoms with Gasteiger partial charge in [-0.3, -0.25) is 9.36 Å². The summed E-state index contributed by atoms with van der Waals surface area (Å²) in [5.74, 6) is 0. The molecule has 0 aliphatic rings. The van der Waals surface area contributed by atoms with E-state index in [1.165, 1.54) is 4.57 Å². The van der Waals surface area contributed by atoms with E-state index in [9.17, 15) is 4.79 Å². The van der Waals surface area contributed by atoms with Crippen molar-refractivity contribution in [3.05, 3.63) is 60.9 Å². The Morgan fingerprint density at radius 1 is 1.32 bits per heavy atom. The van der Waals surface area contributed by atoms with E-state index in [1.54, 1.807) is 6.92 Å². The van der Waals surface area contributed by atoms with Crippen molar-refractivity contribution in [3.8, 4) is 11.8 Å². The van der Waals surface area contributed by atoms with E-state index >= 15 is 0 Å². The van der Waals surface area contributed by atoms with E-state index in [-0.39, 0.29) is 10.6 Å². The van der Waals surface area contributed by atoms with Crippen molar-refractivity contribution in [2.24, 2.45) is 0 Å². The molecule has 5 heteroatoms. The number of aromatic nitrogens is 1. The van der Waals surface area contributed by atoms with Crippen LogP contribution in [0.5, 0.6) is 0 Å². The second kappa shape index (κ2) is 5.20. The van der Waals surface area contributed by atoms with Gasteiger partial charge in [-0.05, 0) is 47.5 Å². The highest BCUT2D eigenvalue weighted by Crippen LogP contribution is 2.25. The van der Waals surface area contributed by atoms with E-state index in [1.807, 2.05) is 37.3 Å². The van der Waals surface area contributed by atoms with Gasteiger partial charge in [0.25, 0.3) is 5.56 Å². The van der Waals surface area contributed by atoms with Gasteiger partial charge < -0.3 is 0 Å². The van der Waals surface area contributed by atoms with Crippen LogP contribution in [-0.4, -0.2) is 4.57 Å². The minimum atomic E-state index is -0.400. The molecule has 19 heavy (non-hydrogen) atoms. The van der Waals surface area contributed by atoms with Crippen molar-refractivity contribution in [2.45, 2.75) is 13.8 Å². The Morgan fingerprint density at radius 3 is 2.53 bits per heavy atom. The smallest absolute Gasteiger partial charge is 0.274 e. The maximum atomic E-state index is 12.4. The minimum Gasteiger partial charge on any atom is -0.279 e. The van der Waals surface area contributed by atoms with Gasteiger partial charge in [-0.25, -0.2) is 0 Å². The van der Waals surface area contributed by atoms with Crippen molar-refractivity contribution in [1.82, 2.24) is 4.57 Å². The first-order valence-corrected chi connectivity index (χ1v) is 6.72. The predicted octanol–water partition coefficient (Wildman–Crippen LogP) is 3.74. The molecule has 0 aliphatic heterocycles. The molecule has 0 atom stereocenters. The zero-order valence-corrected chi connectivity index (χ0v) is 12.7. The van der Waals surface area contributed by atoms with Crippen molar-refractivity contribution in [3.63, 3.8) is 0 Å². The van der Waals surface area contributed by atoms with E-state index in [0.29, 0.717) is 5.69 Å². The van der Waals surface area contributed by atoms with E-state index in [2.05, 4.69) is 15.9 Å². The van der Waals surface area contributed by atoms with Crippen molar-refractivity contribution in [1.29, 1.82) is 5.26 Å². The zero-order chi connectivity index (χ0) is 14.2. The molecular weight excluding hydrogens is 328 g/mol. The van der Waals surface area contributed by atoms with Gasteiger partial charge in [0.15, 0.2) is 0 Å². The third-order valence-electron chi connectivity index (χ3n) is 3.05. The molecule has 2 aromatic rings. The number of rotatable bonds is 1. The number of halogens is 2. The predicted molar refractivity (Wildman–Crippen MR) is 78.9 cm³/mol. The average Bonchev–Trinajstić information content (AvgIpc) is 2.39. The Hall–Kier alpha value is -1.57. The van der Waals surface area contributed by atoms with Gasteiger partial charge >= 0.3 is 0 Å². The van der Waals surface area contributed by atoms with E-state index in [4.69, 9.17) is 16.9 Å². The molecule has 0 unspecified atom stereocenters. The number of hydrogen-bond acceptors (Lipinski definition) is 2. The molecule has 0 spiro atoms. The monoisotopic (exact) mass is 336 g/mol. The first kappa shape index (κ1) is 13.9. The van der Waals surface area contributed by atoms with Crippen LogP contribution in [0.15, 0.2) is 33.5 Å². The number of hydrogen-bond donors (Lipinski definition) is 0. The van der Waals surface area contributed by atoms with Crippen molar-refractivity contribution < 1.29 is 0 Å². The largest absolute Gasteiger partial charge is 0.279 e. The molecule has 0 aliphatic carbocycles. The summed E-state index contributed by atoms with van der Waals surface area (Å²) in [6, 6.07) is 9.24. The summed E-state index contributed by atoms with van der Waals surface area (Å²) >= 11 is 9.47. The van der Waals surface area contributed by atoms with Crippen molar-refractivity contribution >= 4 is 27.5 Å². The standard InChI is InChI=1S/C14H10BrClN2O/c1-8-9(2)18(12-6-4-3-5-11(12)15)14(19)10(7-17)13(8)16/h3-6H,1-2H3. The molecule has 0 N–H and O–H groups in total. The Morgan fingerprint density at radius 2 is 1.95 bits per heavy atom. The fraction of sp³-hybridized carbons (Fsp3) is 0.143. The van der Waals surface area contributed by atoms with Crippen LogP contribution in [0.2, 0.25) is 5.02 Å². The lowest BCUT2D eigenvalue weighted by Gasteiger charge is -2.15. The molecule has 0 amide bonds. The quantitative estimate of drug-likeness (QED) is 0.795. The number of nitriles is 1. The fourth-order valence-corrected chi connectivity index (χ4v) is 2.61. The van der Waals surface area contributed by atoms with E-state index in [0.717, 1.165) is 15.7 Å². The van der Waals surface area contributed by atoms with Crippen LogP contribution in [0.3, 0.4) is 0 Å². The maximum Gasteiger partial charge on any atom is 0.274 e. The number of para-hydroxylation sites is 1. The van der Waals surface area contributed by atoms with Crippen LogP contribution >= 0.6 is 27.5 Å². The number of benzene rings is 1. The van der Waals surface area contributed by atoms with Gasteiger partial charge in [0.05, 0.1) is 10.7 Å². The number of pyridine rings is 1. The summed E-state index contributed by atoms with van der Waals surface area (Å²) < 4.78 is 2.29. The van der Waals surface area contributed by atoms with Crippen LogP contribution in [0, 0.1) is 25.2 Å². The van der Waals surface area contributed by atoms with Crippen LogP contribution in [0.25, 0.3) is 5.69 Å².